The number of hydrogen-bond acceptors (Lipinski definition) is 7. The van der Waals surface area contributed by atoms with Crippen molar-refractivity contribution in [2.75, 3.05) is 0 Å². The summed E-state index contributed by atoms with van der Waals surface area (Å²) in [6, 6.07) is 12.6. The molecule has 0 aliphatic rings. The molecule has 0 amide bonds. The maximum absolute atomic E-state index is 12.5. The summed E-state index contributed by atoms with van der Waals surface area (Å²) in [5, 5.41) is 24.9. The van der Waals surface area contributed by atoms with Crippen LogP contribution in [0.25, 0.3) is 22.4 Å². The van der Waals surface area contributed by atoms with Gasteiger partial charge in [-0.3, -0.25) is 14.9 Å². The largest absolute Gasteiger partial charge is 0.507 e. The van der Waals surface area contributed by atoms with E-state index in [2.05, 4.69) is 10.1 Å². The van der Waals surface area contributed by atoms with E-state index >= 15 is 0 Å². The molecule has 0 aliphatic heterocycles. The van der Waals surface area contributed by atoms with Crippen LogP contribution in [0.5, 0.6) is 5.75 Å². The molecule has 0 saturated carbocycles. The van der Waals surface area contributed by atoms with Gasteiger partial charge in [-0.05, 0) is 12.1 Å². The van der Waals surface area contributed by atoms with Crippen LogP contribution in [0.1, 0.15) is 5.56 Å². The Morgan fingerprint density at radius 3 is 2.73 bits per heavy atom. The molecule has 0 atom stereocenters. The number of aromatic hydroxyl groups is 1. The number of fused-ring (bicyclic) bond motifs is 1. The zero-order valence-corrected chi connectivity index (χ0v) is 13.9. The Bertz CT molecular complexity index is 1260. The minimum atomic E-state index is -0.500. The van der Waals surface area contributed by atoms with Gasteiger partial charge in [-0.25, -0.2) is 0 Å². The number of rotatable bonds is 3. The number of phenolic OH excluding ortho intramolecular Hbond substituents is 1. The third-order valence-electron chi connectivity index (χ3n) is 3.72. The fourth-order valence-corrected chi connectivity index (χ4v) is 3.36. The van der Waals surface area contributed by atoms with Gasteiger partial charge in [0.2, 0.25) is 4.96 Å². The summed E-state index contributed by atoms with van der Waals surface area (Å²) in [5.41, 5.74) is 0.544. The number of hydrogen-bond donors (Lipinski definition) is 1. The van der Waals surface area contributed by atoms with Crippen LogP contribution >= 0.6 is 11.3 Å². The third-order valence-corrected chi connectivity index (χ3v) is 4.68. The number of para-hydroxylation sites is 1. The van der Waals surface area contributed by atoms with Crippen molar-refractivity contribution < 1.29 is 10.0 Å². The normalized spacial score (nSPS) is 11.9. The van der Waals surface area contributed by atoms with Gasteiger partial charge in [0.25, 0.3) is 11.2 Å². The highest BCUT2D eigenvalue weighted by Gasteiger charge is 2.14. The van der Waals surface area contributed by atoms with Gasteiger partial charge in [0, 0.05) is 23.3 Å². The predicted octanol–water partition coefficient (Wildman–Crippen LogP) is 1.98. The van der Waals surface area contributed by atoms with E-state index in [9.17, 15) is 20.0 Å². The minimum absolute atomic E-state index is 0.0724. The summed E-state index contributed by atoms with van der Waals surface area (Å²) in [5.74, 6) is 0.314. The van der Waals surface area contributed by atoms with Crippen LogP contribution in [0, 0.1) is 10.1 Å². The van der Waals surface area contributed by atoms with Gasteiger partial charge in [0.15, 0.2) is 5.82 Å². The average Bonchev–Trinajstić information content (AvgIpc) is 3.17. The summed E-state index contributed by atoms with van der Waals surface area (Å²) in [6.45, 7) is 0. The molecule has 0 aliphatic carbocycles. The first-order valence-corrected chi connectivity index (χ1v) is 8.29. The van der Waals surface area contributed by atoms with E-state index in [1.54, 1.807) is 30.3 Å². The minimum Gasteiger partial charge on any atom is -0.507 e. The summed E-state index contributed by atoms with van der Waals surface area (Å²) in [6.07, 6.45) is 1.58. The van der Waals surface area contributed by atoms with Crippen molar-refractivity contribution in [1.29, 1.82) is 0 Å². The molecule has 0 bridgehead atoms. The second kappa shape index (κ2) is 6.05. The lowest BCUT2D eigenvalue weighted by Gasteiger charge is -1.95. The van der Waals surface area contributed by atoms with Crippen LogP contribution in [0.4, 0.5) is 5.69 Å². The van der Waals surface area contributed by atoms with Crippen molar-refractivity contribution in [3.8, 4) is 17.1 Å². The Hall–Kier alpha value is -3.59. The lowest BCUT2D eigenvalue weighted by atomic mass is 10.2. The van der Waals surface area contributed by atoms with E-state index in [0.717, 1.165) is 15.9 Å². The number of phenols is 1. The van der Waals surface area contributed by atoms with Gasteiger partial charge in [0.1, 0.15) is 5.75 Å². The van der Waals surface area contributed by atoms with Gasteiger partial charge in [0.05, 0.1) is 9.46 Å². The number of nitrogens with zero attached hydrogens (tertiary/aromatic N) is 4. The first kappa shape index (κ1) is 15.9. The molecule has 0 fully saturated rings. The lowest BCUT2D eigenvalue weighted by molar-refractivity contribution is -0.384. The van der Waals surface area contributed by atoms with Crippen molar-refractivity contribution in [3.05, 3.63) is 79.1 Å². The standard InChI is InChI=1S/C17H10N4O4S/c22-13-7-2-1-4-10(13)9-14-16(23)20-17(26-14)18-15(19-20)11-5-3-6-12(8-11)21(24)25/h1-9,22H/b14-9+. The number of aromatic nitrogens is 3. The highest BCUT2D eigenvalue weighted by atomic mass is 32.1. The fourth-order valence-electron chi connectivity index (χ4n) is 2.47. The van der Waals surface area contributed by atoms with E-state index in [1.807, 2.05) is 0 Å². The third kappa shape index (κ3) is 2.70. The van der Waals surface area contributed by atoms with Crippen molar-refractivity contribution in [2.24, 2.45) is 0 Å². The van der Waals surface area contributed by atoms with Crippen LogP contribution in [0.3, 0.4) is 0 Å². The Kier molecular flexibility index (Phi) is 3.70. The van der Waals surface area contributed by atoms with Gasteiger partial charge >= 0.3 is 0 Å². The number of nitro groups is 1. The molecule has 2 heterocycles. The van der Waals surface area contributed by atoms with E-state index in [-0.39, 0.29) is 22.8 Å². The van der Waals surface area contributed by atoms with Gasteiger partial charge in [-0.1, -0.05) is 41.7 Å². The molecule has 128 valence electrons. The predicted molar refractivity (Wildman–Crippen MR) is 96.1 cm³/mol. The Morgan fingerprint density at radius 1 is 1.19 bits per heavy atom. The molecule has 8 nitrogen and oxygen atoms in total. The molecule has 0 spiro atoms. The van der Waals surface area contributed by atoms with Crippen molar-refractivity contribution in [3.63, 3.8) is 0 Å². The first-order valence-electron chi connectivity index (χ1n) is 7.47. The highest BCUT2D eigenvalue weighted by Crippen LogP contribution is 2.22. The summed E-state index contributed by atoms with van der Waals surface area (Å²) >= 11 is 1.13. The topological polar surface area (TPSA) is 111 Å². The van der Waals surface area contributed by atoms with E-state index in [0.29, 0.717) is 20.6 Å². The maximum Gasteiger partial charge on any atom is 0.291 e. The van der Waals surface area contributed by atoms with Crippen LogP contribution in [-0.4, -0.2) is 24.6 Å². The van der Waals surface area contributed by atoms with Gasteiger partial charge < -0.3 is 5.11 Å². The smallest absolute Gasteiger partial charge is 0.291 e. The molecule has 4 rings (SSSR count). The van der Waals surface area contributed by atoms with Crippen molar-refractivity contribution in [1.82, 2.24) is 14.6 Å². The maximum atomic E-state index is 12.5. The second-order valence-electron chi connectivity index (χ2n) is 5.41. The monoisotopic (exact) mass is 366 g/mol. The van der Waals surface area contributed by atoms with E-state index < -0.39 is 4.92 Å². The molecule has 1 N–H and O–H groups in total. The Morgan fingerprint density at radius 2 is 2.00 bits per heavy atom. The van der Waals surface area contributed by atoms with Crippen LogP contribution in [0.2, 0.25) is 0 Å². The number of thiazole rings is 1. The highest BCUT2D eigenvalue weighted by molar-refractivity contribution is 7.15. The van der Waals surface area contributed by atoms with Crippen LogP contribution in [-0.2, 0) is 0 Å². The van der Waals surface area contributed by atoms with Crippen LogP contribution in [0.15, 0.2) is 53.3 Å². The Labute approximate surface area is 149 Å². The molecule has 2 aromatic carbocycles. The van der Waals surface area contributed by atoms with Crippen molar-refractivity contribution >= 4 is 28.1 Å². The molecular weight excluding hydrogens is 356 g/mol. The average molecular weight is 366 g/mol. The van der Waals surface area contributed by atoms with Gasteiger partial charge in [-0.15, -0.1) is 5.10 Å². The second-order valence-corrected chi connectivity index (χ2v) is 6.42. The molecule has 0 radical (unpaired) electrons. The molecule has 4 aromatic rings. The van der Waals surface area contributed by atoms with Crippen molar-refractivity contribution in [2.45, 2.75) is 0 Å². The SMILES string of the molecule is O=c1/c(=C\c2ccccc2O)sc2nc(-c3cccc([N+](=O)[O-])c3)nn12. The van der Waals surface area contributed by atoms with Crippen LogP contribution < -0.4 is 10.1 Å². The summed E-state index contributed by atoms with van der Waals surface area (Å²) in [4.78, 5) is 27.6. The number of non-ortho nitro benzene ring substituents is 1. The van der Waals surface area contributed by atoms with E-state index in [4.69, 9.17) is 0 Å². The number of benzene rings is 2. The summed E-state index contributed by atoms with van der Waals surface area (Å²) < 4.78 is 1.54. The van der Waals surface area contributed by atoms with E-state index in [1.165, 1.54) is 24.3 Å². The first-order chi connectivity index (χ1) is 12.5. The molecule has 2 aromatic heterocycles. The lowest BCUT2D eigenvalue weighted by Crippen LogP contribution is -2.23. The molecule has 0 unspecified atom stereocenters. The quantitative estimate of drug-likeness (QED) is 0.438. The fraction of sp³-hybridized carbons (Fsp3) is 0. The zero-order chi connectivity index (χ0) is 18.3. The molecular formula is C17H10N4O4S. The zero-order valence-electron chi connectivity index (χ0n) is 13.1. The Balaban J connectivity index is 1.82. The van der Waals surface area contributed by atoms with Gasteiger partial charge in [-0.2, -0.15) is 9.50 Å². The molecule has 0 saturated heterocycles. The molecule has 26 heavy (non-hydrogen) atoms. The number of nitro benzene ring substituents is 1. The molecule has 9 heteroatoms. The summed E-state index contributed by atoms with van der Waals surface area (Å²) in [7, 11) is 0.